The summed E-state index contributed by atoms with van der Waals surface area (Å²) < 4.78 is 10.8. The summed E-state index contributed by atoms with van der Waals surface area (Å²) in [6, 6.07) is 12.9. The van der Waals surface area contributed by atoms with E-state index in [9.17, 15) is 19.2 Å². The number of amides is 1. The highest BCUT2D eigenvalue weighted by atomic mass is 35.5. The smallest absolute Gasteiger partial charge is 0.328 e. The first-order valence-corrected chi connectivity index (χ1v) is 13.3. The summed E-state index contributed by atoms with van der Waals surface area (Å²) in [5.74, 6) is -2.54. The van der Waals surface area contributed by atoms with Crippen molar-refractivity contribution in [3.8, 4) is 5.75 Å². The molecule has 3 rings (SSSR count). The molecule has 1 aliphatic heterocycles. The quantitative estimate of drug-likeness (QED) is 0.213. The maximum atomic E-state index is 13.6. The van der Waals surface area contributed by atoms with Crippen LogP contribution in [0.3, 0.4) is 0 Å². The highest BCUT2D eigenvalue weighted by Gasteiger charge is 2.40. The van der Waals surface area contributed by atoms with E-state index in [1.165, 1.54) is 18.7 Å². The van der Waals surface area contributed by atoms with Crippen molar-refractivity contribution in [2.75, 3.05) is 31.6 Å². The highest BCUT2D eigenvalue weighted by molar-refractivity contribution is 7.99. The van der Waals surface area contributed by atoms with Crippen LogP contribution in [0.1, 0.15) is 31.1 Å². The van der Waals surface area contributed by atoms with Crippen molar-refractivity contribution in [2.24, 2.45) is 0 Å². The topological polar surface area (TPSA) is 142 Å². The number of hydrogen-bond acceptors (Lipinski definition) is 8. The van der Waals surface area contributed by atoms with Crippen molar-refractivity contribution in [1.82, 2.24) is 5.32 Å². The Morgan fingerprint density at radius 3 is 2.26 bits per heavy atom. The Kier molecular flexibility index (Phi) is 12.8. The number of rotatable bonds is 10. The molecule has 0 fully saturated rings. The molecule has 0 radical (unpaired) electrons. The molecule has 1 amide bonds. The Labute approximate surface area is 235 Å². The van der Waals surface area contributed by atoms with E-state index < -0.39 is 29.3 Å². The third kappa shape index (κ3) is 9.93. The van der Waals surface area contributed by atoms with Gasteiger partial charge in [-0.25, -0.2) is 9.59 Å². The number of thioether (sulfide) groups is 1. The minimum Gasteiger partial charge on any atom is -0.497 e. The molecule has 0 spiro atoms. The van der Waals surface area contributed by atoms with Crippen LogP contribution in [0.25, 0.3) is 0 Å². The van der Waals surface area contributed by atoms with Gasteiger partial charge in [0.05, 0.1) is 18.0 Å². The van der Waals surface area contributed by atoms with Gasteiger partial charge in [-0.3, -0.25) is 9.59 Å². The second kappa shape index (κ2) is 15.8. The molecule has 0 aromatic heterocycles. The van der Waals surface area contributed by atoms with Crippen LogP contribution in [0, 0.1) is 0 Å². The van der Waals surface area contributed by atoms with Gasteiger partial charge < -0.3 is 29.9 Å². The Bertz CT molecular complexity index is 1170. The molecule has 2 atom stereocenters. The number of benzene rings is 2. The maximum absolute atomic E-state index is 13.6. The van der Waals surface area contributed by atoms with E-state index in [1.54, 1.807) is 18.1 Å². The first-order valence-electron chi connectivity index (χ1n) is 12.0. The lowest BCUT2D eigenvalue weighted by Gasteiger charge is -2.27. The molecule has 1 aliphatic rings. The number of fused-ring (bicyclic) bond motifs is 1. The number of hydrogen-bond donors (Lipinski definition) is 3. The number of nitrogens with one attached hydrogen (secondary N) is 1. The summed E-state index contributed by atoms with van der Waals surface area (Å²) in [4.78, 5) is 47.2. The Hall–Kier alpha value is -3.54. The summed E-state index contributed by atoms with van der Waals surface area (Å²) in [5, 5.41) is 19.1. The number of aliphatic carboxylic acids is 2. The molecule has 2 aromatic rings. The van der Waals surface area contributed by atoms with Crippen LogP contribution < -0.4 is 15.0 Å². The molecule has 210 valence electrons. The lowest BCUT2D eigenvalue weighted by molar-refractivity contribution is -0.152. The van der Waals surface area contributed by atoms with Crippen LogP contribution in [0.15, 0.2) is 59.5 Å². The first-order chi connectivity index (χ1) is 18.6. The summed E-state index contributed by atoms with van der Waals surface area (Å²) >= 11 is 7.76. The predicted molar refractivity (Wildman–Crippen MR) is 149 cm³/mol. The number of esters is 1. The number of nitrogens with zero attached hydrogens (tertiary/aromatic N) is 1. The maximum Gasteiger partial charge on any atom is 0.328 e. The van der Waals surface area contributed by atoms with E-state index >= 15 is 0 Å². The number of anilines is 1. The molecule has 0 aliphatic carbocycles. The number of methoxy groups -OCH3 is 1. The number of carbonyl (C=O) groups excluding carboxylic acids is 2. The number of halogens is 1. The Morgan fingerprint density at radius 2 is 1.72 bits per heavy atom. The lowest BCUT2D eigenvalue weighted by Crippen LogP contribution is -2.45. The second-order valence-corrected chi connectivity index (χ2v) is 9.82. The third-order valence-corrected chi connectivity index (χ3v) is 6.89. The third-order valence-electron chi connectivity index (χ3n) is 5.30. The monoisotopic (exact) mass is 578 g/mol. The largest absolute Gasteiger partial charge is 0.497 e. The summed E-state index contributed by atoms with van der Waals surface area (Å²) in [6.45, 7) is 5.37. The van der Waals surface area contributed by atoms with E-state index in [1.807, 2.05) is 36.4 Å². The molecule has 0 bridgehead atoms. The van der Waals surface area contributed by atoms with Crippen LogP contribution in [0.5, 0.6) is 5.75 Å². The van der Waals surface area contributed by atoms with E-state index in [-0.39, 0.29) is 5.91 Å². The summed E-state index contributed by atoms with van der Waals surface area (Å²) in [7, 11) is 1.60. The standard InChI is InChI=1S/C23H27ClN2O4S.C4H4O4/c1-4-11-25-12-13-26-19-10-7-17(24)14-20(19)31-22(21(23(26)28)30-15(2)27)16-5-8-18(29-3)9-6-16;5-3(6)1-2-4(7)8/h5-10,14,21-22,25H,4,11-13H2,1-3H3;1-2H,(H,5,6)(H,7,8). The Balaban J connectivity index is 0.000000580. The van der Waals surface area contributed by atoms with Gasteiger partial charge in [-0.1, -0.05) is 30.7 Å². The van der Waals surface area contributed by atoms with E-state index in [0.29, 0.717) is 36.0 Å². The van der Waals surface area contributed by atoms with Crippen LogP contribution in [-0.2, 0) is 23.9 Å². The van der Waals surface area contributed by atoms with Gasteiger partial charge >= 0.3 is 17.9 Å². The van der Waals surface area contributed by atoms with E-state index in [2.05, 4.69) is 12.2 Å². The number of carbonyl (C=O) groups is 4. The fourth-order valence-electron chi connectivity index (χ4n) is 3.60. The molecule has 3 N–H and O–H groups in total. The molecular formula is C27H31ClN2O8S. The fraction of sp³-hybridized carbons (Fsp3) is 0.333. The summed E-state index contributed by atoms with van der Waals surface area (Å²) in [6.07, 6.45) is 1.16. The van der Waals surface area contributed by atoms with Gasteiger partial charge in [-0.2, -0.15) is 0 Å². The number of carboxylic acid groups (broad SMARTS) is 2. The Morgan fingerprint density at radius 1 is 1.08 bits per heavy atom. The van der Waals surface area contributed by atoms with E-state index in [4.69, 9.17) is 31.3 Å². The molecular weight excluding hydrogens is 548 g/mol. The molecule has 2 unspecified atom stereocenters. The molecule has 0 saturated carbocycles. The second-order valence-electron chi connectivity index (χ2n) is 8.20. The fourth-order valence-corrected chi connectivity index (χ4v) is 5.19. The molecule has 1 heterocycles. The minimum absolute atomic E-state index is 0.247. The molecule has 0 saturated heterocycles. The zero-order valence-corrected chi connectivity index (χ0v) is 23.3. The van der Waals surface area contributed by atoms with Gasteiger partial charge in [0.2, 0.25) is 0 Å². The summed E-state index contributed by atoms with van der Waals surface area (Å²) in [5.41, 5.74) is 1.63. The van der Waals surface area contributed by atoms with Gasteiger partial charge in [0, 0.05) is 42.1 Å². The average Bonchev–Trinajstić information content (AvgIpc) is 3.00. The molecule has 39 heavy (non-hydrogen) atoms. The van der Waals surface area contributed by atoms with Gasteiger partial charge in [-0.15, -0.1) is 11.8 Å². The molecule has 12 heteroatoms. The molecule has 2 aromatic carbocycles. The van der Waals surface area contributed by atoms with Crippen molar-refractivity contribution < 1.29 is 38.9 Å². The van der Waals surface area contributed by atoms with Gasteiger partial charge in [0.25, 0.3) is 5.91 Å². The van der Waals surface area contributed by atoms with Crippen molar-refractivity contribution in [3.63, 3.8) is 0 Å². The van der Waals surface area contributed by atoms with Gasteiger partial charge in [-0.05, 0) is 48.9 Å². The zero-order chi connectivity index (χ0) is 28.9. The van der Waals surface area contributed by atoms with Crippen molar-refractivity contribution in [3.05, 3.63) is 65.2 Å². The predicted octanol–water partition coefficient (Wildman–Crippen LogP) is 4.17. The van der Waals surface area contributed by atoms with Crippen LogP contribution in [0.4, 0.5) is 5.69 Å². The number of carboxylic acids is 2. The van der Waals surface area contributed by atoms with E-state index in [0.717, 1.165) is 29.1 Å². The number of ether oxygens (including phenoxy) is 2. The first kappa shape index (κ1) is 31.7. The van der Waals surface area contributed by atoms with Crippen LogP contribution in [-0.4, -0.2) is 66.9 Å². The van der Waals surface area contributed by atoms with Crippen molar-refractivity contribution >= 4 is 52.9 Å². The molecule has 10 nitrogen and oxygen atoms in total. The minimum atomic E-state index is -1.26. The lowest BCUT2D eigenvalue weighted by atomic mass is 10.1. The van der Waals surface area contributed by atoms with Gasteiger partial charge in [0.15, 0.2) is 6.10 Å². The SMILES string of the molecule is CCCNCCN1C(=O)C(OC(C)=O)C(c2ccc(OC)cc2)Sc2cc(Cl)ccc21.O=C(O)C=CC(=O)O. The van der Waals surface area contributed by atoms with Gasteiger partial charge in [0.1, 0.15) is 5.75 Å². The normalized spacial score (nSPS) is 16.5. The van der Waals surface area contributed by atoms with Crippen LogP contribution in [0.2, 0.25) is 5.02 Å². The zero-order valence-electron chi connectivity index (χ0n) is 21.8. The van der Waals surface area contributed by atoms with Crippen LogP contribution >= 0.6 is 23.4 Å². The van der Waals surface area contributed by atoms with Crippen molar-refractivity contribution in [1.29, 1.82) is 0 Å². The average molecular weight is 579 g/mol. The van der Waals surface area contributed by atoms with Crippen molar-refractivity contribution in [2.45, 2.75) is 36.5 Å². The highest BCUT2D eigenvalue weighted by Crippen LogP contribution is 2.47.